The first kappa shape index (κ1) is 21.9. The van der Waals surface area contributed by atoms with Crippen molar-refractivity contribution in [2.45, 2.75) is 6.92 Å². The number of amides is 2. The van der Waals surface area contributed by atoms with E-state index >= 15 is 0 Å². The highest BCUT2D eigenvalue weighted by atomic mass is 16.5. The first-order valence-electron chi connectivity index (χ1n) is 9.10. The number of hydrogen-bond acceptors (Lipinski definition) is 6. The van der Waals surface area contributed by atoms with Gasteiger partial charge in [0.25, 0.3) is 0 Å². The number of methoxy groups -OCH3 is 1. The normalized spacial score (nSPS) is 10.3. The summed E-state index contributed by atoms with van der Waals surface area (Å²) < 4.78 is 9.99. The Kier molecular flexibility index (Phi) is 8.17. The summed E-state index contributed by atoms with van der Waals surface area (Å²) in [5, 5.41) is 5.49. The van der Waals surface area contributed by atoms with Crippen LogP contribution in [-0.4, -0.2) is 56.5 Å². The van der Waals surface area contributed by atoms with Crippen molar-refractivity contribution >= 4 is 29.2 Å². The van der Waals surface area contributed by atoms with Crippen molar-refractivity contribution in [3.05, 3.63) is 54.1 Å². The maximum Gasteiger partial charge on any atom is 0.338 e. The molecule has 2 rings (SSSR count). The van der Waals surface area contributed by atoms with Crippen LogP contribution in [0.2, 0.25) is 0 Å². The molecular formula is C21H25N3O5. The fourth-order valence-corrected chi connectivity index (χ4v) is 2.53. The van der Waals surface area contributed by atoms with Crippen molar-refractivity contribution < 1.29 is 23.9 Å². The molecule has 0 saturated heterocycles. The van der Waals surface area contributed by atoms with Crippen LogP contribution < -0.4 is 15.4 Å². The highest BCUT2D eigenvalue weighted by molar-refractivity contribution is 5.95. The molecule has 0 unspecified atom stereocenters. The molecule has 0 radical (unpaired) electrons. The lowest BCUT2D eigenvalue weighted by Crippen LogP contribution is -2.36. The van der Waals surface area contributed by atoms with Gasteiger partial charge in [0.1, 0.15) is 5.75 Å². The molecule has 2 amide bonds. The molecule has 0 spiro atoms. The lowest BCUT2D eigenvalue weighted by atomic mass is 10.2. The average molecular weight is 399 g/mol. The SMILES string of the molecule is CCOC(=O)c1ccc(NC(=O)CN(C)CC(=O)Nc2ccc(OC)cc2)cc1. The molecule has 29 heavy (non-hydrogen) atoms. The predicted molar refractivity (Wildman–Crippen MR) is 110 cm³/mol. The molecule has 0 bridgehead atoms. The Morgan fingerprint density at radius 3 is 1.79 bits per heavy atom. The molecule has 0 saturated carbocycles. The zero-order chi connectivity index (χ0) is 21.2. The van der Waals surface area contributed by atoms with E-state index in [0.717, 1.165) is 0 Å². The van der Waals surface area contributed by atoms with Gasteiger partial charge in [0.2, 0.25) is 11.8 Å². The maximum atomic E-state index is 12.2. The minimum Gasteiger partial charge on any atom is -0.497 e. The Labute approximate surface area is 169 Å². The Morgan fingerprint density at radius 2 is 1.34 bits per heavy atom. The van der Waals surface area contributed by atoms with Crippen molar-refractivity contribution in [1.82, 2.24) is 4.90 Å². The van der Waals surface area contributed by atoms with E-state index in [4.69, 9.17) is 9.47 Å². The van der Waals surface area contributed by atoms with Gasteiger partial charge in [0.05, 0.1) is 32.4 Å². The number of ether oxygens (including phenoxy) is 2. The van der Waals surface area contributed by atoms with E-state index in [1.807, 2.05) is 0 Å². The number of carbonyl (C=O) groups is 3. The van der Waals surface area contributed by atoms with Crippen molar-refractivity contribution in [3.8, 4) is 5.75 Å². The van der Waals surface area contributed by atoms with Crippen molar-refractivity contribution in [2.24, 2.45) is 0 Å². The molecule has 0 aliphatic rings. The van der Waals surface area contributed by atoms with E-state index in [2.05, 4.69) is 10.6 Å². The second-order valence-electron chi connectivity index (χ2n) is 6.29. The van der Waals surface area contributed by atoms with Crippen LogP contribution in [0.15, 0.2) is 48.5 Å². The minimum atomic E-state index is -0.409. The third-order valence-corrected chi connectivity index (χ3v) is 3.88. The number of hydrogen-bond donors (Lipinski definition) is 2. The fourth-order valence-electron chi connectivity index (χ4n) is 2.53. The third-order valence-electron chi connectivity index (χ3n) is 3.88. The van der Waals surface area contributed by atoms with Crippen LogP contribution in [0.4, 0.5) is 11.4 Å². The van der Waals surface area contributed by atoms with E-state index in [1.54, 1.807) is 74.5 Å². The van der Waals surface area contributed by atoms with Crippen LogP contribution in [-0.2, 0) is 14.3 Å². The molecule has 2 aromatic rings. The molecule has 2 aromatic carbocycles. The van der Waals surface area contributed by atoms with Crippen LogP contribution in [0.3, 0.4) is 0 Å². The summed E-state index contributed by atoms with van der Waals surface area (Å²) >= 11 is 0. The first-order chi connectivity index (χ1) is 13.9. The van der Waals surface area contributed by atoms with E-state index in [0.29, 0.717) is 29.3 Å². The van der Waals surface area contributed by atoms with E-state index in [9.17, 15) is 14.4 Å². The summed E-state index contributed by atoms with van der Waals surface area (Å²) in [5.74, 6) is -0.210. The zero-order valence-electron chi connectivity index (χ0n) is 16.7. The molecule has 8 nitrogen and oxygen atoms in total. The largest absolute Gasteiger partial charge is 0.497 e. The second-order valence-corrected chi connectivity index (χ2v) is 6.29. The summed E-state index contributed by atoms with van der Waals surface area (Å²) in [6.07, 6.45) is 0. The number of likely N-dealkylation sites (N-methyl/N-ethyl adjacent to an activating group) is 1. The quantitative estimate of drug-likeness (QED) is 0.629. The molecule has 2 N–H and O–H groups in total. The molecule has 0 aliphatic heterocycles. The Hall–Kier alpha value is -3.39. The van der Waals surface area contributed by atoms with Crippen molar-refractivity contribution in [2.75, 3.05) is 44.5 Å². The Balaban J connectivity index is 1.79. The van der Waals surface area contributed by atoms with Gasteiger partial charge in [-0.15, -0.1) is 0 Å². The van der Waals surface area contributed by atoms with Gasteiger partial charge in [-0.3, -0.25) is 14.5 Å². The number of nitrogens with zero attached hydrogens (tertiary/aromatic N) is 1. The van der Waals surface area contributed by atoms with Crippen LogP contribution >= 0.6 is 0 Å². The molecule has 0 aliphatic carbocycles. The van der Waals surface area contributed by atoms with Crippen LogP contribution in [0.25, 0.3) is 0 Å². The summed E-state index contributed by atoms with van der Waals surface area (Å²) in [7, 11) is 3.25. The number of benzene rings is 2. The summed E-state index contributed by atoms with van der Waals surface area (Å²) in [5.41, 5.74) is 1.62. The number of anilines is 2. The summed E-state index contributed by atoms with van der Waals surface area (Å²) in [4.78, 5) is 37.5. The van der Waals surface area contributed by atoms with Gasteiger partial charge < -0.3 is 20.1 Å². The summed E-state index contributed by atoms with van der Waals surface area (Å²) in [6, 6.07) is 13.4. The topological polar surface area (TPSA) is 97.0 Å². The van der Waals surface area contributed by atoms with Crippen molar-refractivity contribution in [1.29, 1.82) is 0 Å². The van der Waals surface area contributed by atoms with E-state index in [-0.39, 0.29) is 24.9 Å². The smallest absolute Gasteiger partial charge is 0.338 e. The molecule has 0 heterocycles. The Morgan fingerprint density at radius 1 is 0.862 bits per heavy atom. The molecule has 0 atom stereocenters. The van der Waals surface area contributed by atoms with Gasteiger partial charge in [-0.05, 0) is 62.5 Å². The highest BCUT2D eigenvalue weighted by Crippen LogP contribution is 2.15. The molecule has 0 aromatic heterocycles. The van der Waals surface area contributed by atoms with Crippen LogP contribution in [0.5, 0.6) is 5.75 Å². The number of nitrogens with one attached hydrogen (secondary N) is 2. The van der Waals surface area contributed by atoms with Crippen LogP contribution in [0, 0.1) is 0 Å². The third kappa shape index (κ3) is 7.27. The van der Waals surface area contributed by atoms with E-state index in [1.165, 1.54) is 0 Å². The van der Waals surface area contributed by atoms with Gasteiger partial charge in [-0.2, -0.15) is 0 Å². The van der Waals surface area contributed by atoms with Crippen LogP contribution in [0.1, 0.15) is 17.3 Å². The van der Waals surface area contributed by atoms with E-state index < -0.39 is 5.97 Å². The number of esters is 1. The Bertz CT molecular complexity index is 834. The van der Waals surface area contributed by atoms with Gasteiger partial charge in [-0.25, -0.2) is 4.79 Å². The average Bonchev–Trinajstić information content (AvgIpc) is 2.69. The number of rotatable bonds is 9. The first-order valence-corrected chi connectivity index (χ1v) is 9.10. The predicted octanol–water partition coefficient (Wildman–Crippen LogP) is 2.38. The molecule has 154 valence electrons. The van der Waals surface area contributed by atoms with Gasteiger partial charge in [0.15, 0.2) is 0 Å². The fraction of sp³-hybridized carbons (Fsp3) is 0.286. The minimum absolute atomic E-state index is 0.0374. The van der Waals surface area contributed by atoms with Crippen molar-refractivity contribution in [3.63, 3.8) is 0 Å². The maximum absolute atomic E-state index is 12.2. The lowest BCUT2D eigenvalue weighted by Gasteiger charge is -2.16. The lowest BCUT2D eigenvalue weighted by molar-refractivity contribution is -0.119. The molecule has 0 fully saturated rings. The monoisotopic (exact) mass is 399 g/mol. The van der Waals surface area contributed by atoms with Gasteiger partial charge in [0, 0.05) is 11.4 Å². The molecule has 8 heteroatoms. The summed E-state index contributed by atoms with van der Waals surface area (Å²) in [6.45, 7) is 2.13. The van der Waals surface area contributed by atoms with Gasteiger partial charge in [-0.1, -0.05) is 0 Å². The number of carbonyl (C=O) groups excluding carboxylic acids is 3. The highest BCUT2D eigenvalue weighted by Gasteiger charge is 2.12. The second kappa shape index (κ2) is 10.8. The van der Waals surface area contributed by atoms with Gasteiger partial charge >= 0.3 is 5.97 Å². The molecular weight excluding hydrogens is 374 g/mol. The zero-order valence-corrected chi connectivity index (χ0v) is 16.7. The standard InChI is InChI=1S/C21H25N3O5/c1-4-29-21(27)15-5-7-16(8-6-15)22-19(25)13-24(2)14-20(26)23-17-9-11-18(28-3)12-10-17/h5-12H,4,13-14H2,1-3H3,(H,22,25)(H,23,26).